The molecule has 1 unspecified atom stereocenters. The molecule has 0 saturated heterocycles. The van der Waals surface area contributed by atoms with Gasteiger partial charge in [-0.05, 0) is 12.8 Å². The first kappa shape index (κ1) is 7.61. The molecule has 1 aromatic rings. The molecule has 1 aliphatic rings. The molecule has 0 bridgehead atoms. The molecule has 0 spiro atoms. The van der Waals surface area contributed by atoms with Crippen molar-refractivity contribution in [2.75, 3.05) is 12.3 Å². The van der Waals surface area contributed by atoms with Crippen LogP contribution in [-0.2, 0) is 6.42 Å². The van der Waals surface area contributed by atoms with Crippen molar-refractivity contribution >= 4 is 6.01 Å². The zero-order valence-corrected chi connectivity index (χ0v) is 6.92. The summed E-state index contributed by atoms with van der Waals surface area (Å²) in [5.41, 5.74) is 12.0. The molecule has 1 heterocycles. The Morgan fingerprint density at radius 1 is 1.58 bits per heavy atom. The van der Waals surface area contributed by atoms with Gasteiger partial charge < -0.3 is 15.9 Å². The minimum Gasteiger partial charge on any atom is -0.429 e. The van der Waals surface area contributed by atoms with Crippen LogP contribution in [0, 0.1) is 0 Å². The van der Waals surface area contributed by atoms with E-state index in [4.69, 9.17) is 15.9 Å². The first-order valence-electron chi connectivity index (χ1n) is 4.26. The van der Waals surface area contributed by atoms with Gasteiger partial charge in [0.15, 0.2) is 0 Å². The maximum Gasteiger partial charge on any atom is 0.292 e. The summed E-state index contributed by atoms with van der Waals surface area (Å²) >= 11 is 0. The number of anilines is 1. The van der Waals surface area contributed by atoms with Crippen LogP contribution < -0.4 is 11.5 Å². The maximum absolute atomic E-state index is 5.60. The van der Waals surface area contributed by atoms with Crippen LogP contribution in [0.5, 0.6) is 0 Å². The van der Waals surface area contributed by atoms with Crippen molar-refractivity contribution < 1.29 is 4.42 Å². The largest absolute Gasteiger partial charge is 0.429 e. The Labute approximate surface area is 70.9 Å². The molecule has 0 aliphatic heterocycles. The molecule has 0 saturated carbocycles. The Bertz CT molecular complexity index is 282. The second-order valence-corrected chi connectivity index (χ2v) is 3.19. The van der Waals surface area contributed by atoms with Crippen LogP contribution in [0.2, 0.25) is 0 Å². The van der Waals surface area contributed by atoms with E-state index in [-0.39, 0.29) is 6.01 Å². The standard InChI is InChI=1S/C8H13N3O/c9-4-5-2-1-3-6-7(5)11-8(10)12-6/h5H,1-4,9H2,(H2,10,11). The number of aromatic nitrogens is 1. The lowest BCUT2D eigenvalue weighted by Gasteiger charge is -2.17. The van der Waals surface area contributed by atoms with Gasteiger partial charge >= 0.3 is 0 Å². The van der Waals surface area contributed by atoms with E-state index in [1.165, 1.54) is 0 Å². The third-order valence-corrected chi connectivity index (χ3v) is 2.37. The molecule has 1 aromatic heterocycles. The van der Waals surface area contributed by atoms with E-state index in [0.29, 0.717) is 12.5 Å². The number of oxazole rings is 1. The first-order valence-corrected chi connectivity index (χ1v) is 4.26. The van der Waals surface area contributed by atoms with Gasteiger partial charge in [-0.1, -0.05) is 0 Å². The summed E-state index contributed by atoms with van der Waals surface area (Å²) in [5, 5.41) is 0. The average molecular weight is 167 g/mol. The summed E-state index contributed by atoms with van der Waals surface area (Å²) in [5.74, 6) is 1.30. The van der Waals surface area contributed by atoms with E-state index in [0.717, 1.165) is 30.7 Å². The average Bonchev–Trinajstić information content (AvgIpc) is 2.44. The van der Waals surface area contributed by atoms with Crippen LogP contribution in [-0.4, -0.2) is 11.5 Å². The summed E-state index contributed by atoms with van der Waals surface area (Å²) < 4.78 is 5.25. The Balaban J connectivity index is 2.36. The number of fused-ring (bicyclic) bond motifs is 1. The number of nitrogens with two attached hydrogens (primary N) is 2. The summed E-state index contributed by atoms with van der Waals surface area (Å²) in [7, 11) is 0. The van der Waals surface area contributed by atoms with E-state index >= 15 is 0 Å². The van der Waals surface area contributed by atoms with Crippen LogP contribution >= 0.6 is 0 Å². The molecule has 4 nitrogen and oxygen atoms in total. The van der Waals surface area contributed by atoms with Gasteiger partial charge in [-0.15, -0.1) is 0 Å². The maximum atomic E-state index is 5.60. The Kier molecular flexibility index (Phi) is 1.77. The highest BCUT2D eigenvalue weighted by Gasteiger charge is 2.24. The van der Waals surface area contributed by atoms with Crippen LogP contribution in [0.1, 0.15) is 30.2 Å². The van der Waals surface area contributed by atoms with Gasteiger partial charge in [-0.3, -0.25) is 0 Å². The van der Waals surface area contributed by atoms with Gasteiger partial charge in [0.1, 0.15) is 5.76 Å². The number of aryl methyl sites for hydroxylation is 1. The molecule has 1 atom stereocenters. The highest BCUT2D eigenvalue weighted by molar-refractivity contribution is 5.25. The molecule has 0 radical (unpaired) electrons. The second kappa shape index (κ2) is 2.79. The highest BCUT2D eigenvalue weighted by atomic mass is 16.4. The molecule has 1 aliphatic carbocycles. The predicted molar refractivity (Wildman–Crippen MR) is 45.6 cm³/mol. The van der Waals surface area contributed by atoms with Crippen molar-refractivity contribution in [2.24, 2.45) is 5.73 Å². The summed E-state index contributed by atoms with van der Waals surface area (Å²) in [6.07, 6.45) is 3.19. The molecule has 66 valence electrons. The summed E-state index contributed by atoms with van der Waals surface area (Å²) in [6, 6.07) is 0.278. The van der Waals surface area contributed by atoms with Crippen molar-refractivity contribution in [3.05, 3.63) is 11.5 Å². The number of nitrogens with zero attached hydrogens (tertiary/aromatic N) is 1. The molecule has 12 heavy (non-hydrogen) atoms. The van der Waals surface area contributed by atoms with Crippen LogP contribution in [0.15, 0.2) is 4.42 Å². The third-order valence-electron chi connectivity index (χ3n) is 2.37. The number of nitrogen functional groups attached to an aromatic ring is 1. The zero-order chi connectivity index (χ0) is 8.55. The van der Waals surface area contributed by atoms with Crippen molar-refractivity contribution in [2.45, 2.75) is 25.2 Å². The molecular weight excluding hydrogens is 154 g/mol. The normalized spacial score (nSPS) is 22.2. The quantitative estimate of drug-likeness (QED) is 0.643. The minimum atomic E-state index is 0.278. The SMILES string of the molecule is NCC1CCCc2oc(N)nc21. The van der Waals surface area contributed by atoms with E-state index in [1.54, 1.807) is 0 Å². The monoisotopic (exact) mass is 167 g/mol. The highest BCUT2D eigenvalue weighted by Crippen LogP contribution is 2.31. The van der Waals surface area contributed by atoms with Crippen molar-refractivity contribution in [1.29, 1.82) is 0 Å². The van der Waals surface area contributed by atoms with Gasteiger partial charge in [0, 0.05) is 18.9 Å². The van der Waals surface area contributed by atoms with Gasteiger partial charge in [0.25, 0.3) is 6.01 Å². The van der Waals surface area contributed by atoms with Crippen molar-refractivity contribution in [3.8, 4) is 0 Å². The van der Waals surface area contributed by atoms with E-state index in [2.05, 4.69) is 4.98 Å². The second-order valence-electron chi connectivity index (χ2n) is 3.19. The number of hydrogen-bond donors (Lipinski definition) is 2. The lowest BCUT2D eigenvalue weighted by molar-refractivity contribution is 0.460. The van der Waals surface area contributed by atoms with Crippen LogP contribution in [0.25, 0.3) is 0 Å². The Morgan fingerprint density at radius 3 is 3.17 bits per heavy atom. The lowest BCUT2D eigenvalue weighted by atomic mass is 9.91. The third kappa shape index (κ3) is 1.08. The number of rotatable bonds is 1. The van der Waals surface area contributed by atoms with Crippen LogP contribution in [0.4, 0.5) is 6.01 Å². The van der Waals surface area contributed by atoms with Gasteiger partial charge in [-0.25, -0.2) is 0 Å². The van der Waals surface area contributed by atoms with Crippen molar-refractivity contribution in [1.82, 2.24) is 4.98 Å². The molecular formula is C8H13N3O. The van der Waals surface area contributed by atoms with E-state index in [9.17, 15) is 0 Å². The smallest absolute Gasteiger partial charge is 0.292 e. The Hall–Kier alpha value is -1.03. The molecule has 4 N–H and O–H groups in total. The van der Waals surface area contributed by atoms with Crippen molar-refractivity contribution in [3.63, 3.8) is 0 Å². The predicted octanol–water partition coefficient (Wildman–Crippen LogP) is 0.635. The fraction of sp³-hybridized carbons (Fsp3) is 0.625. The lowest BCUT2D eigenvalue weighted by Crippen LogP contribution is -2.17. The molecule has 0 amide bonds. The molecule has 2 rings (SSSR count). The number of hydrogen-bond acceptors (Lipinski definition) is 4. The van der Waals surface area contributed by atoms with Gasteiger partial charge in [0.05, 0.1) is 5.69 Å². The summed E-state index contributed by atoms with van der Waals surface area (Å²) in [6.45, 7) is 0.638. The molecule has 0 aromatic carbocycles. The molecule has 0 fully saturated rings. The fourth-order valence-corrected chi connectivity index (χ4v) is 1.76. The fourth-order valence-electron chi connectivity index (χ4n) is 1.76. The topological polar surface area (TPSA) is 78.1 Å². The van der Waals surface area contributed by atoms with E-state index in [1.807, 2.05) is 0 Å². The zero-order valence-electron chi connectivity index (χ0n) is 6.92. The Morgan fingerprint density at radius 2 is 2.42 bits per heavy atom. The molecule has 4 heteroatoms. The van der Waals surface area contributed by atoms with Crippen LogP contribution in [0.3, 0.4) is 0 Å². The first-order chi connectivity index (χ1) is 5.81. The minimum absolute atomic E-state index is 0.278. The van der Waals surface area contributed by atoms with Gasteiger partial charge in [-0.2, -0.15) is 4.98 Å². The summed E-state index contributed by atoms with van der Waals surface area (Å²) in [4.78, 5) is 4.13. The van der Waals surface area contributed by atoms with E-state index < -0.39 is 0 Å². The van der Waals surface area contributed by atoms with Gasteiger partial charge in [0.2, 0.25) is 0 Å².